The summed E-state index contributed by atoms with van der Waals surface area (Å²) in [5.41, 5.74) is 2.09. The minimum absolute atomic E-state index is 0. The molecule has 0 bridgehead atoms. The second kappa shape index (κ2) is 15.5. The van der Waals surface area contributed by atoms with Gasteiger partial charge in [-0.1, -0.05) is 12.1 Å². The maximum absolute atomic E-state index is 12.1. The molecule has 3 N–H and O–H groups in total. The summed E-state index contributed by atoms with van der Waals surface area (Å²) in [6.07, 6.45) is 1.58. The van der Waals surface area contributed by atoms with E-state index in [1.807, 2.05) is 45.0 Å². The van der Waals surface area contributed by atoms with Crippen molar-refractivity contribution in [3.05, 3.63) is 53.5 Å². The molecule has 0 unspecified atom stereocenters. The first kappa shape index (κ1) is 26.8. The number of rotatable bonds is 12. The summed E-state index contributed by atoms with van der Waals surface area (Å²) >= 11 is 0. The minimum Gasteiger partial charge on any atom is -0.491 e. The molecule has 31 heavy (non-hydrogen) atoms. The summed E-state index contributed by atoms with van der Waals surface area (Å²) in [4.78, 5) is 16.6. The number of nitrogens with zero attached hydrogens (tertiary/aromatic N) is 1. The molecule has 172 valence electrons. The molecule has 2 rings (SSSR count). The van der Waals surface area contributed by atoms with E-state index < -0.39 is 0 Å². The molecule has 0 saturated carbocycles. The van der Waals surface area contributed by atoms with Gasteiger partial charge in [-0.2, -0.15) is 0 Å². The van der Waals surface area contributed by atoms with Gasteiger partial charge in [0.15, 0.2) is 5.96 Å². The molecule has 0 saturated heterocycles. The van der Waals surface area contributed by atoms with Crippen molar-refractivity contribution in [1.29, 1.82) is 0 Å². The zero-order chi connectivity index (χ0) is 21.6. The van der Waals surface area contributed by atoms with Gasteiger partial charge < -0.3 is 29.8 Å². The maximum Gasteiger partial charge on any atom is 0.239 e. The van der Waals surface area contributed by atoms with Crippen LogP contribution in [0.2, 0.25) is 0 Å². The molecule has 9 heteroatoms. The van der Waals surface area contributed by atoms with E-state index >= 15 is 0 Å². The fourth-order valence-corrected chi connectivity index (χ4v) is 2.61. The quantitative estimate of drug-likeness (QED) is 0.165. The van der Waals surface area contributed by atoms with Crippen molar-refractivity contribution in [3.8, 4) is 5.75 Å². The van der Waals surface area contributed by atoms with Crippen molar-refractivity contribution in [2.75, 3.05) is 32.9 Å². The molecule has 1 amide bonds. The van der Waals surface area contributed by atoms with Crippen LogP contribution in [0.25, 0.3) is 0 Å². The summed E-state index contributed by atoms with van der Waals surface area (Å²) in [6, 6.07) is 9.64. The van der Waals surface area contributed by atoms with Crippen molar-refractivity contribution in [3.63, 3.8) is 0 Å². The van der Waals surface area contributed by atoms with Crippen molar-refractivity contribution in [2.24, 2.45) is 4.99 Å². The molecule has 0 aliphatic carbocycles. The van der Waals surface area contributed by atoms with Crippen LogP contribution in [0, 0.1) is 6.92 Å². The normalized spacial score (nSPS) is 10.9. The summed E-state index contributed by atoms with van der Waals surface area (Å²) in [5.74, 6) is 1.92. The number of benzene rings is 1. The van der Waals surface area contributed by atoms with E-state index in [1.54, 1.807) is 12.3 Å². The highest BCUT2D eigenvalue weighted by molar-refractivity contribution is 14.0. The van der Waals surface area contributed by atoms with Crippen LogP contribution < -0.4 is 20.7 Å². The smallest absolute Gasteiger partial charge is 0.239 e. The summed E-state index contributed by atoms with van der Waals surface area (Å²) in [6.45, 7) is 9.23. The average molecular weight is 544 g/mol. The number of carbonyl (C=O) groups is 1. The van der Waals surface area contributed by atoms with Crippen molar-refractivity contribution < 1.29 is 18.7 Å². The minimum atomic E-state index is -0.146. The molecule has 8 nitrogen and oxygen atoms in total. The van der Waals surface area contributed by atoms with E-state index in [0.29, 0.717) is 51.2 Å². The molecule has 0 spiro atoms. The predicted molar refractivity (Wildman–Crippen MR) is 132 cm³/mol. The van der Waals surface area contributed by atoms with Gasteiger partial charge in [-0.05, 0) is 44.5 Å². The first-order valence-electron chi connectivity index (χ1n) is 10.2. The Balaban J connectivity index is 0.00000480. The Morgan fingerprint density at radius 2 is 1.97 bits per heavy atom. The van der Waals surface area contributed by atoms with Gasteiger partial charge in [-0.15, -0.1) is 24.0 Å². The van der Waals surface area contributed by atoms with Gasteiger partial charge >= 0.3 is 0 Å². The Morgan fingerprint density at radius 1 is 1.13 bits per heavy atom. The monoisotopic (exact) mass is 544 g/mol. The fourth-order valence-electron chi connectivity index (χ4n) is 2.61. The molecule has 0 aliphatic heterocycles. The number of ether oxygens (including phenoxy) is 2. The van der Waals surface area contributed by atoms with Gasteiger partial charge in [0, 0.05) is 18.7 Å². The Hall–Kier alpha value is -2.27. The van der Waals surface area contributed by atoms with E-state index in [4.69, 9.17) is 13.9 Å². The summed E-state index contributed by atoms with van der Waals surface area (Å²) < 4.78 is 16.4. The highest BCUT2D eigenvalue weighted by atomic mass is 127. The second-order valence-electron chi connectivity index (χ2n) is 6.56. The number of carbonyl (C=O) groups excluding carboxylic acids is 1. The van der Waals surface area contributed by atoms with Crippen molar-refractivity contribution >= 4 is 35.8 Å². The van der Waals surface area contributed by atoms with E-state index in [-0.39, 0.29) is 36.4 Å². The molecular weight excluding hydrogens is 511 g/mol. The number of nitrogens with one attached hydrogen (secondary N) is 3. The van der Waals surface area contributed by atoms with E-state index in [0.717, 1.165) is 16.9 Å². The standard InChI is InChI=1S/C22H32N4O4.HI/c1-4-23-22(26-16-21(27)24-15-19-7-6-10-29-19)25-14-18-9-8-17(3)13-20(18)30-12-11-28-5-2;/h6-10,13H,4-5,11-12,14-16H2,1-3H3,(H,24,27)(H2,23,25,26);1H. The van der Waals surface area contributed by atoms with E-state index in [1.165, 1.54) is 0 Å². The van der Waals surface area contributed by atoms with Gasteiger partial charge in [0.05, 0.1) is 32.5 Å². The van der Waals surface area contributed by atoms with E-state index in [9.17, 15) is 4.79 Å². The lowest BCUT2D eigenvalue weighted by atomic mass is 10.1. The lowest BCUT2D eigenvalue weighted by Crippen LogP contribution is -2.43. The van der Waals surface area contributed by atoms with Crippen LogP contribution in [0.1, 0.15) is 30.7 Å². The van der Waals surface area contributed by atoms with E-state index in [2.05, 4.69) is 20.9 Å². The summed E-state index contributed by atoms with van der Waals surface area (Å²) in [7, 11) is 0. The molecule has 0 atom stereocenters. The highest BCUT2D eigenvalue weighted by Crippen LogP contribution is 2.21. The molecule has 1 aromatic heterocycles. The lowest BCUT2D eigenvalue weighted by molar-refractivity contribution is -0.120. The molecule has 1 heterocycles. The molecule has 2 aromatic rings. The van der Waals surface area contributed by atoms with Gasteiger partial charge in [-0.25, -0.2) is 4.99 Å². The largest absolute Gasteiger partial charge is 0.491 e. The summed E-state index contributed by atoms with van der Waals surface area (Å²) in [5, 5.41) is 8.99. The number of aryl methyl sites for hydroxylation is 1. The van der Waals surface area contributed by atoms with Crippen LogP contribution in [0.4, 0.5) is 0 Å². The van der Waals surface area contributed by atoms with Crippen LogP contribution in [0.3, 0.4) is 0 Å². The number of hydrogen-bond donors (Lipinski definition) is 3. The number of guanidine groups is 1. The van der Waals surface area contributed by atoms with Crippen LogP contribution >= 0.6 is 24.0 Å². The Morgan fingerprint density at radius 3 is 2.68 bits per heavy atom. The maximum atomic E-state index is 12.1. The lowest BCUT2D eigenvalue weighted by Gasteiger charge is -2.13. The fraction of sp³-hybridized carbons (Fsp3) is 0.455. The Labute approximate surface area is 201 Å². The predicted octanol–water partition coefficient (Wildman–Crippen LogP) is 2.99. The molecule has 0 radical (unpaired) electrons. The number of halogens is 1. The van der Waals surface area contributed by atoms with Crippen LogP contribution in [-0.2, 0) is 22.6 Å². The third kappa shape index (κ3) is 10.5. The van der Waals surface area contributed by atoms with Crippen molar-refractivity contribution in [2.45, 2.75) is 33.9 Å². The second-order valence-corrected chi connectivity index (χ2v) is 6.56. The highest BCUT2D eigenvalue weighted by Gasteiger charge is 2.07. The Bertz CT molecular complexity index is 797. The van der Waals surface area contributed by atoms with Crippen LogP contribution in [0.15, 0.2) is 46.0 Å². The topological polar surface area (TPSA) is 97.1 Å². The van der Waals surface area contributed by atoms with Crippen LogP contribution in [0.5, 0.6) is 5.75 Å². The molecule has 0 aliphatic rings. The first-order valence-corrected chi connectivity index (χ1v) is 10.2. The molecule has 0 fully saturated rings. The van der Waals surface area contributed by atoms with Crippen molar-refractivity contribution in [1.82, 2.24) is 16.0 Å². The van der Waals surface area contributed by atoms with Gasteiger partial charge in [0.25, 0.3) is 0 Å². The van der Waals surface area contributed by atoms with Gasteiger partial charge in [0.2, 0.25) is 5.91 Å². The van der Waals surface area contributed by atoms with Gasteiger partial charge in [-0.3, -0.25) is 4.79 Å². The Kier molecular flexibility index (Phi) is 13.4. The number of amides is 1. The number of hydrogen-bond acceptors (Lipinski definition) is 5. The number of furan rings is 1. The third-order valence-corrected chi connectivity index (χ3v) is 4.12. The zero-order valence-corrected chi connectivity index (χ0v) is 20.7. The zero-order valence-electron chi connectivity index (χ0n) is 18.4. The van der Waals surface area contributed by atoms with Crippen LogP contribution in [-0.4, -0.2) is 44.8 Å². The third-order valence-electron chi connectivity index (χ3n) is 4.12. The first-order chi connectivity index (χ1) is 14.6. The van der Waals surface area contributed by atoms with Gasteiger partial charge in [0.1, 0.15) is 18.1 Å². The average Bonchev–Trinajstić information content (AvgIpc) is 3.26. The molecular formula is C22H33IN4O4. The number of aliphatic imine (C=N–C) groups is 1. The SMILES string of the molecule is CCNC(=NCc1ccc(C)cc1OCCOCC)NCC(=O)NCc1ccco1.I. The molecule has 1 aromatic carbocycles.